The Morgan fingerprint density at radius 3 is 1.60 bits per heavy atom. The molecule has 0 unspecified atom stereocenters. The normalized spacial score (nSPS) is 30.0. The Morgan fingerprint density at radius 1 is 0.900 bits per heavy atom. The highest BCUT2D eigenvalue weighted by molar-refractivity contribution is 4.46. The van der Waals surface area contributed by atoms with Gasteiger partial charge in [0.1, 0.15) is 26.2 Å². The first-order valence-electron chi connectivity index (χ1n) is 3.79. The topological polar surface area (TPSA) is 23.1 Å². The zero-order valence-corrected chi connectivity index (χ0v) is 7.13. The van der Waals surface area contributed by atoms with Gasteiger partial charge in [0.15, 0.2) is 0 Å². The van der Waals surface area contributed by atoms with Gasteiger partial charge in [-0.05, 0) is 0 Å². The van der Waals surface area contributed by atoms with E-state index in [1.807, 2.05) is 0 Å². The van der Waals surface area contributed by atoms with Crippen molar-refractivity contribution in [3.63, 3.8) is 0 Å². The summed E-state index contributed by atoms with van der Waals surface area (Å²) in [5.74, 6) is 0. The fraction of sp³-hybridized carbons (Fsp3) is 1.00. The highest BCUT2D eigenvalue weighted by Crippen LogP contribution is 2.10. The highest BCUT2D eigenvalue weighted by Gasteiger charge is 2.28. The molecule has 10 heavy (non-hydrogen) atoms. The van der Waals surface area contributed by atoms with Crippen LogP contribution in [0.3, 0.4) is 0 Å². The number of rotatable bonds is 0. The third kappa shape index (κ3) is 1.94. The zero-order chi connectivity index (χ0) is 7.83. The summed E-state index contributed by atoms with van der Waals surface area (Å²) in [4.78, 5) is 0. The van der Waals surface area contributed by atoms with Gasteiger partial charge in [0.25, 0.3) is 0 Å². The quantitative estimate of drug-likeness (QED) is 0.348. The van der Waals surface area contributed by atoms with Crippen LogP contribution in [0.2, 0.25) is 0 Å². The first-order valence-corrected chi connectivity index (χ1v) is 3.79. The van der Waals surface area contributed by atoms with Crippen molar-refractivity contribution in [3.8, 4) is 0 Å². The van der Waals surface area contributed by atoms with E-state index in [4.69, 9.17) is 0 Å². The van der Waals surface area contributed by atoms with Crippen LogP contribution in [0.4, 0.5) is 0 Å². The maximum Gasteiger partial charge on any atom is 0.129 e. The lowest BCUT2D eigenvalue weighted by molar-refractivity contribution is -0.986. The molecule has 1 aliphatic rings. The molecule has 1 heterocycles. The lowest BCUT2D eigenvalue weighted by atomic mass is 10.3. The predicted molar refractivity (Wildman–Crippen MR) is 41.1 cm³/mol. The molecule has 60 valence electrons. The van der Waals surface area contributed by atoms with Crippen LogP contribution in [0, 0.1) is 5.21 Å². The van der Waals surface area contributed by atoms with Crippen LogP contribution in [-0.2, 0) is 0 Å². The van der Waals surface area contributed by atoms with Crippen molar-refractivity contribution in [3.05, 3.63) is 5.21 Å². The third-order valence-electron chi connectivity index (χ3n) is 2.36. The Labute approximate surface area is 62.6 Å². The average Bonchev–Trinajstić information content (AvgIpc) is 1.79. The summed E-state index contributed by atoms with van der Waals surface area (Å²) in [7, 11) is 6.12. The zero-order valence-electron chi connectivity index (χ0n) is 7.13. The first-order chi connectivity index (χ1) is 4.41. The summed E-state index contributed by atoms with van der Waals surface area (Å²) in [5.41, 5.74) is 0. The molecule has 0 bridgehead atoms. The van der Waals surface area contributed by atoms with E-state index in [2.05, 4.69) is 14.1 Å². The molecule has 0 atom stereocenters. The molecular weight excluding hydrogens is 128 g/mol. The lowest BCUT2D eigenvalue weighted by Crippen LogP contribution is -2.59. The summed E-state index contributed by atoms with van der Waals surface area (Å²) in [5, 5.41) is 11.3. The van der Waals surface area contributed by atoms with Gasteiger partial charge in [0.2, 0.25) is 0 Å². The number of hydrogen-bond acceptors (Lipinski definition) is 1. The smallest absolute Gasteiger partial charge is 0.129 e. The van der Waals surface area contributed by atoms with E-state index >= 15 is 0 Å². The molecule has 0 amide bonds. The summed E-state index contributed by atoms with van der Waals surface area (Å²) in [6, 6.07) is 0. The van der Waals surface area contributed by atoms with Gasteiger partial charge in [-0.2, -0.15) is 0 Å². The summed E-state index contributed by atoms with van der Waals surface area (Å²) in [6.45, 7) is 3.57. The van der Waals surface area contributed by atoms with Crippen LogP contribution in [0.25, 0.3) is 0 Å². The van der Waals surface area contributed by atoms with Crippen LogP contribution in [-0.4, -0.2) is 56.5 Å². The summed E-state index contributed by atoms with van der Waals surface area (Å²) in [6.07, 6.45) is 0. The van der Waals surface area contributed by atoms with Gasteiger partial charge >= 0.3 is 0 Å². The fourth-order valence-corrected chi connectivity index (χ4v) is 1.19. The first kappa shape index (κ1) is 7.98. The molecule has 1 fully saturated rings. The maximum atomic E-state index is 11.3. The third-order valence-corrected chi connectivity index (χ3v) is 2.36. The van der Waals surface area contributed by atoms with Gasteiger partial charge in [0, 0.05) is 0 Å². The van der Waals surface area contributed by atoms with Crippen molar-refractivity contribution in [1.82, 2.24) is 0 Å². The molecule has 3 heteroatoms. The van der Waals surface area contributed by atoms with E-state index in [1.165, 1.54) is 0 Å². The van der Waals surface area contributed by atoms with Crippen LogP contribution >= 0.6 is 0 Å². The van der Waals surface area contributed by atoms with Gasteiger partial charge in [-0.25, -0.2) is 0 Å². The molecule has 0 N–H and O–H groups in total. The number of nitrogens with zero attached hydrogens (tertiary/aromatic N) is 2. The van der Waals surface area contributed by atoms with Gasteiger partial charge in [-0.3, -0.25) is 0 Å². The van der Waals surface area contributed by atoms with E-state index in [0.29, 0.717) is 0 Å². The number of hydroxylamine groups is 3. The lowest BCUT2D eigenvalue weighted by Gasteiger charge is -2.47. The second kappa shape index (κ2) is 2.19. The molecule has 1 rings (SSSR count). The molecule has 0 aromatic heterocycles. The Balaban J connectivity index is 2.46. The minimum Gasteiger partial charge on any atom is -0.633 e. The molecule has 0 radical (unpaired) electrons. The van der Waals surface area contributed by atoms with Crippen LogP contribution < -0.4 is 0 Å². The predicted octanol–water partition coefficient (Wildman–Crippen LogP) is 0.0208. The van der Waals surface area contributed by atoms with Crippen molar-refractivity contribution in [1.29, 1.82) is 0 Å². The van der Waals surface area contributed by atoms with Crippen LogP contribution in [0.5, 0.6) is 0 Å². The van der Waals surface area contributed by atoms with E-state index in [9.17, 15) is 5.21 Å². The molecule has 0 saturated carbocycles. The van der Waals surface area contributed by atoms with E-state index < -0.39 is 0 Å². The molecule has 0 spiro atoms. The minimum absolute atomic E-state index is 0.0400. The molecular formula is C7H17N2O+. The van der Waals surface area contributed by atoms with Crippen LogP contribution in [0.1, 0.15) is 0 Å². The number of piperazine rings is 1. The summed E-state index contributed by atoms with van der Waals surface area (Å²) >= 11 is 0. The van der Waals surface area contributed by atoms with E-state index in [1.54, 1.807) is 7.05 Å². The van der Waals surface area contributed by atoms with Crippen molar-refractivity contribution in [2.24, 2.45) is 0 Å². The van der Waals surface area contributed by atoms with Crippen LogP contribution in [0.15, 0.2) is 0 Å². The Hall–Kier alpha value is -0.120. The molecule has 1 aliphatic heterocycles. The molecule has 0 aromatic carbocycles. The highest BCUT2D eigenvalue weighted by atomic mass is 16.5. The largest absolute Gasteiger partial charge is 0.633 e. The SMILES string of the molecule is C[N+]1(C)CC[N+](C)([O-])CC1. The maximum absolute atomic E-state index is 11.3. The van der Waals surface area contributed by atoms with Crippen molar-refractivity contribution in [2.75, 3.05) is 47.3 Å². The molecule has 3 nitrogen and oxygen atoms in total. The van der Waals surface area contributed by atoms with Gasteiger partial charge in [-0.1, -0.05) is 0 Å². The second-order valence-corrected chi connectivity index (χ2v) is 4.13. The van der Waals surface area contributed by atoms with E-state index in [-0.39, 0.29) is 4.65 Å². The minimum atomic E-state index is -0.0400. The van der Waals surface area contributed by atoms with Gasteiger partial charge in [0.05, 0.1) is 21.1 Å². The van der Waals surface area contributed by atoms with Crippen molar-refractivity contribution >= 4 is 0 Å². The van der Waals surface area contributed by atoms with Crippen molar-refractivity contribution < 1.29 is 9.13 Å². The van der Waals surface area contributed by atoms with Gasteiger partial charge in [-0.15, -0.1) is 0 Å². The van der Waals surface area contributed by atoms with E-state index in [0.717, 1.165) is 30.7 Å². The number of likely N-dealkylation sites (N-methyl/N-ethyl adjacent to an activating group) is 2. The standard InChI is InChI=1S/C7H17N2O/c1-8(2)4-6-9(3,10)7-5-8/h4-7H2,1-3H3/q+1. The molecule has 0 aromatic rings. The Morgan fingerprint density at radius 2 is 1.30 bits per heavy atom. The van der Waals surface area contributed by atoms with Crippen molar-refractivity contribution in [2.45, 2.75) is 0 Å². The number of hydrogen-bond donors (Lipinski definition) is 0. The number of quaternary nitrogens is 2. The monoisotopic (exact) mass is 145 g/mol. The second-order valence-electron chi connectivity index (χ2n) is 4.13. The molecule has 1 saturated heterocycles. The fourth-order valence-electron chi connectivity index (χ4n) is 1.19. The average molecular weight is 145 g/mol. The van der Waals surface area contributed by atoms with Gasteiger partial charge < -0.3 is 14.3 Å². The molecule has 0 aliphatic carbocycles. The Kier molecular flexibility index (Phi) is 1.75. The Bertz CT molecular complexity index is 104. The summed E-state index contributed by atoms with van der Waals surface area (Å²) < 4.78 is 0.970.